The number of nitrogens with one attached hydrogen (secondary N) is 1. The fourth-order valence-electron chi connectivity index (χ4n) is 4.05. The van der Waals surface area contributed by atoms with Crippen LogP contribution in [0, 0.1) is 5.82 Å². The molecule has 11 heteroatoms. The highest BCUT2D eigenvalue weighted by atomic mass is 32.2. The maximum atomic E-state index is 13.5. The van der Waals surface area contributed by atoms with Gasteiger partial charge in [-0.15, -0.1) is 11.3 Å². The Hall–Kier alpha value is -3.28. The molecular weight excluding hydrogens is 477 g/mol. The van der Waals surface area contributed by atoms with Crippen molar-refractivity contribution in [2.45, 2.75) is 23.1 Å². The maximum absolute atomic E-state index is 13.5. The van der Waals surface area contributed by atoms with Crippen molar-refractivity contribution in [2.75, 3.05) is 13.1 Å². The topological polar surface area (TPSA) is 89.2 Å². The molecule has 4 aromatic rings. The number of sulfonamides is 1. The van der Waals surface area contributed by atoms with E-state index in [2.05, 4.69) is 9.82 Å². The van der Waals surface area contributed by atoms with Crippen LogP contribution in [-0.2, 0) is 10.0 Å². The molecule has 0 spiro atoms. The van der Waals surface area contributed by atoms with Gasteiger partial charge in [-0.1, -0.05) is 6.07 Å². The van der Waals surface area contributed by atoms with Gasteiger partial charge in [0.2, 0.25) is 10.0 Å². The summed E-state index contributed by atoms with van der Waals surface area (Å²) in [6, 6.07) is 12.6. The number of nitrogens with zero attached hydrogens (tertiary/aromatic N) is 4. The Balaban J connectivity index is 1.35. The third-order valence-electron chi connectivity index (χ3n) is 5.76. The second-order valence-corrected chi connectivity index (χ2v) is 10.9. The van der Waals surface area contributed by atoms with Crippen LogP contribution in [0.2, 0.25) is 0 Å². The van der Waals surface area contributed by atoms with E-state index in [9.17, 15) is 17.6 Å². The lowest BCUT2D eigenvalue weighted by Crippen LogP contribution is -2.46. The molecule has 0 unspecified atom stereocenters. The molecule has 4 heterocycles. The predicted molar refractivity (Wildman–Crippen MR) is 126 cm³/mol. The van der Waals surface area contributed by atoms with Gasteiger partial charge in [-0.25, -0.2) is 22.2 Å². The van der Waals surface area contributed by atoms with Crippen molar-refractivity contribution < 1.29 is 17.6 Å². The Morgan fingerprint density at radius 1 is 1.06 bits per heavy atom. The van der Waals surface area contributed by atoms with Crippen molar-refractivity contribution in [3.05, 3.63) is 83.9 Å². The van der Waals surface area contributed by atoms with E-state index in [0.717, 1.165) is 0 Å². The fraction of sp³-hybridized carbons (Fsp3) is 0.217. The number of amides is 1. The molecule has 1 saturated heterocycles. The van der Waals surface area contributed by atoms with Crippen LogP contribution < -0.4 is 4.72 Å². The lowest BCUT2D eigenvalue weighted by atomic mass is 10.1. The largest absolute Gasteiger partial charge is 0.338 e. The molecule has 176 valence electrons. The summed E-state index contributed by atoms with van der Waals surface area (Å²) in [4.78, 5) is 15.2. The Kier molecular flexibility index (Phi) is 6.07. The van der Waals surface area contributed by atoms with Crippen molar-refractivity contribution in [3.63, 3.8) is 0 Å². The van der Waals surface area contributed by atoms with Gasteiger partial charge in [0.1, 0.15) is 15.6 Å². The van der Waals surface area contributed by atoms with Gasteiger partial charge in [0.25, 0.3) is 5.91 Å². The fourth-order valence-corrected chi connectivity index (χ4v) is 6.37. The van der Waals surface area contributed by atoms with E-state index in [1.165, 1.54) is 29.7 Å². The van der Waals surface area contributed by atoms with Crippen molar-refractivity contribution in [3.8, 4) is 11.5 Å². The molecule has 1 aliphatic rings. The first-order chi connectivity index (χ1) is 16.4. The van der Waals surface area contributed by atoms with E-state index in [0.29, 0.717) is 43.0 Å². The van der Waals surface area contributed by atoms with Crippen molar-refractivity contribution in [1.82, 2.24) is 24.0 Å². The highest BCUT2D eigenvalue weighted by molar-refractivity contribution is 7.91. The third-order valence-corrected chi connectivity index (χ3v) is 8.68. The van der Waals surface area contributed by atoms with Gasteiger partial charge in [-0.3, -0.25) is 4.79 Å². The maximum Gasteiger partial charge on any atom is 0.259 e. The molecule has 0 bridgehead atoms. The molecule has 8 nitrogen and oxygen atoms in total. The number of likely N-dealkylation sites (tertiary alicyclic amines) is 1. The van der Waals surface area contributed by atoms with Gasteiger partial charge >= 0.3 is 0 Å². The number of hydrogen-bond acceptors (Lipinski definition) is 5. The Labute approximate surface area is 200 Å². The zero-order chi connectivity index (χ0) is 23.7. The van der Waals surface area contributed by atoms with Crippen LogP contribution in [0.1, 0.15) is 23.2 Å². The van der Waals surface area contributed by atoms with Crippen LogP contribution in [0.15, 0.2) is 76.7 Å². The smallest absolute Gasteiger partial charge is 0.259 e. The summed E-state index contributed by atoms with van der Waals surface area (Å²) < 4.78 is 44.9. The number of carbonyl (C=O) groups is 1. The summed E-state index contributed by atoms with van der Waals surface area (Å²) in [5.41, 5.74) is 1.05. The van der Waals surface area contributed by atoms with E-state index < -0.39 is 10.0 Å². The van der Waals surface area contributed by atoms with E-state index in [4.69, 9.17) is 0 Å². The van der Waals surface area contributed by atoms with Crippen LogP contribution in [0.3, 0.4) is 0 Å². The van der Waals surface area contributed by atoms with E-state index >= 15 is 0 Å². The molecule has 3 aromatic heterocycles. The minimum absolute atomic E-state index is 0.184. The highest BCUT2D eigenvalue weighted by Crippen LogP contribution is 2.24. The number of halogens is 1. The molecule has 0 aliphatic carbocycles. The zero-order valence-electron chi connectivity index (χ0n) is 18.0. The summed E-state index contributed by atoms with van der Waals surface area (Å²) in [5, 5.41) is 6.14. The van der Waals surface area contributed by atoms with Crippen LogP contribution in [0.25, 0.3) is 11.5 Å². The first-order valence-electron chi connectivity index (χ1n) is 10.7. The monoisotopic (exact) mass is 499 g/mol. The van der Waals surface area contributed by atoms with Crippen LogP contribution in [0.5, 0.6) is 0 Å². The molecule has 0 atom stereocenters. The van der Waals surface area contributed by atoms with E-state index in [-0.39, 0.29) is 22.0 Å². The predicted octanol–water partition coefficient (Wildman–Crippen LogP) is 3.45. The number of hydrogen-bond donors (Lipinski definition) is 1. The van der Waals surface area contributed by atoms with Gasteiger partial charge in [-0.2, -0.15) is 5.10 Å². The number of thiophene rings is 1. The molecule has 1 N–H and O–H groups in total. The second-order valence-electron chi connectivity index (χ2n) is 7.98. The summed E-state index contributed by atoms with van der Waals surface area (Å²) in [5.74, 6) is 0.0195. The Bertz CT molecular complexity index is 1370. The Morgan fingerprint density at radius 2 is 1.76 bits per heavy atom. The first kappa shape index (κ1) is 22.5. The minimum atomic E-state index is -3.55. The summed E-state index contributed by atoms with van der Waals surface area (Å²) >= 11 is 1.18. The lowest BCUT2D eigenvalue weighted by Gasteiger charge is -2.32. The molecule has 1 fully saturated rings. The number of benzene rings is 1. The van der Waals surface area contributed by atoms with Gasteiger partial charge in [0.15, 0.2) is 5.82 Å². The minimum Gasteiger partial charge on any atom is -0.338 e. The molecule has 0 saturated carbocycles. The molecule has 34 heavy (non-hydrogen) atoms. The summed E-state index contributed by atoms with van der Waals surface area (Å²) in [6.07, 6.45) is 6.19. The zero-order valence-corrected chi connectivity index (χ0v) is 19.7. The number of aromatic nitrogens is 3. The molecule has 1 aliphatic heterocycles. The van der Waals surface area contributed by atoms with Gasteiger partial charge in [-0.05, 0) is 60.7 Å². The van der Waals surface area contributed by atoms with Gasteiger partial charge in [0, 0.05) is 31.5 Å². The number of piperidine rings is 1. The van der Waals surface area contributed by atoms with Crippen LogP contribution in [0.4, 0.5) is 4.39 Å². The van der Waals surface area contributed by atoms with Crippen molar-refractivity contribution >= 4 is 27.3 Å². The van der Waals surface area contributed by atoms with Gasteiger partial charge in [0.05, 0.1) is 11.9 Å². The van der Waals surface area contributed by atoms with Gasteiger partial charge < -0.3 is 9.47 Å². The molecule has 0 radical (unpaired) electrons. The quantitative estimate of drug-likeness (QED) is 0.440. The summed E-state index contributed by atoms with van der Waals surface area (Å²) in [6.45, 7) is 0.840. The average Bonchev–Trinajstić information content (AvgIpc) is 3.61. The third kappa shape index (κ3) is 4.41. The van der Waals surface area contributed by atoms with Crippen molar-refractivity contribution in [2.24, 2.45) is 0 Å². The van der Waals surface area contributed by atoms with Crippen LogP contribution >= 0.6 is 11.3 Å². The average molecular weight is 500 g/mol. The highest BCUT2D eigenvalue weighted by Gasteiger charge is 2.30. The van der Waals surface area contributed by atoms with E-state index in [1.54, 1.807) is 43.8 Å². The van der Waals surface area contributed by atoms with Crippen LogP contribution in [-0.4, -0.2) is 52.7 Å². The SMILES string of the molecule is O=C(c1cnn(-c2ccc(F)cc2)c1-n1cccc1)N1CCC(NS(=O)(=O)c2cccs2)CC1. The van der Waals surface area contributed by atoms with E-state index in [1.807, 2.05) is 24.5 Å². The van der Waals surface area contributed by atoms with Crippen molar-refractivity contribution in [1.29, 1.82) is 0 Å². The Morgan fingerprint density at radius 3 is 2.41 bits per heavy atom. The normalized spacial score (nSPS) is 15.0. The standard InChI is InChI=1S/C23H22FN5O3S2/c24-17-5-7-19(8-6-17)29-22(27-11-1-2-12-27)20(16-25-29)23(30)28-13-9-18(10-14-28)26-34(31,32)21-4-3-15-33-21/h1-8,11-12,15-16,18,26H,9-10,13-14H2. The number of carbonyl (C=O) groups excluding carboxylic acids is 1. The first-order valence-corrected chi connectivity index (χ1v) is 13.1. The molecule has 5 rings (SSSR count). The number of rotatable bonds is 6. The lowest BCUT2D eigenvalue weighted by molar-refractivity contribution is 0.0711. The molecular formula is C23H22FN5O3S2. The summed E-state index contributed by atoms with van der Waals surface area (Å²) in [7, 11) is -3.55. The molecule has 1 aromatic carbocycles. The molecule has 1 amide bonds. The second kappa shape index (κ2) is 9.16.